The van der Waals surface area contributed by atoms with Crippen LogP contribution in [-0.2, 0) is 31.0 Å². The standard InChI is InChI=1S/C25H28FNO4/c26-23-7-4-19(5-8-23)16-31-17-20-3-1-2-18(12-20)10-11-27-14-25(30)21-6-9-24(29)22(13-21)15-28/h1-9,12-13,25,27-30H,10-11,14-17H2/t25-/m0/s1. The lowest BCUT2D eigenvalue weighted by atomic mass is 10.0. The number of aromatic hydroxyl groups is 1. The summed E-state index contributed by atoms with van der Waals surface area (Å²) < 4.78 is 18.7. The van der Waals surface area contributed by atoms with Crippen LogP contribution in [0.5, 0.6) is 5.75 Å². The summed E-state index contributed by atoms with van der Waals surface area (Å²) in [4.78, 5) is 0. The maximum Gasteiger partial charge on any atom is 0.123 e. The molecule has 6 heteroatoms. The average molecular weight is 426 g/mol. The molecule has 164 valence electrons. The Bertz CT molecular complexity index is 962. The number of benzene rings is 3. The molecule has 0 saturated carbocycles. The van der Waals surface area contributed by atoms with Crippen molar-refractivity contribution >= 4 is 0 Å². The van der Waals surface area contributed by atoms with Crippen LogP contribution in [0.3, 0.4) is 0 Å². The Kier molecular flexibility index (Phi) is 8.55. The molecule has 3 aromatic carbocycles. The molecule has 31 heavy (non-hydrogen) atoms. The Labute approximate surface area is 181 Å². The molecule has 5 nitrogen and oxygen atoms in total. The first-order chi connectivity index (χ1) is 15.0. The van der Waals surface area contributed by atoms with Gasteiger partial charge in [-0.3, -0.25) is 0 Å². The molecule has 0 saturated heterocycles. The molecule has 3 aromatic rings. The lowest BCUT2D eigenvalue weighted by molar-refractivity contribution is 0.107. The zero-order chi connectivity index (χ0) is 22.1. The molecule has 0 aliphatic rings. The van der Waals surface area contributed by atoms with Crippen LogP contribution in [0.2, 0.25) is 0 Å². The van der Waals surface area contributed by atoms with Crippen LogP contribution in [0.15, 0.2) is 66.7 Å². The van der Waals surface area contributed by atoms with Crippen LogP contribution in [0, 0.1) is 5.82 Å². The van der Waals surface area contributed by atoms with Crippen LogP contribution in [-0.4, -0.2) is 28.4 Å². The largest absolute Gasteiger partial charge is 0.508 e. The molecule has 0 heterocycles. The molecule has 0 spiro atoms. The Morgan fingerprint density at radius 2 is 1.65 bits per heavy atom. The second-order valence-electron chi connectivity index (χ2n) is 7.46. The van der Waals surface area contributed by atoms with Crippen molar-refractivity contribution in [2.45, 2.75) is 32.3 Å². The first kappa shape index (κ1) is 22.9. The first-order valence-electron chi connectivity index (χ1n) is 10.3. The van der Waals surface area contributed by atoms with E-state index >= 15 is 0 Å². The molecule has 1 atom stereocenters. The van der Waals surface area contributed by atoms with Crippen molar-refractivity contribution in [1.29, 1.82) is 0 Å². The number of rotatable bonds is 11. The van der Waals surface area contributed by atoms with Gasteiger partial charge in [-0.1, -0.05) is 42.5 Å². The molecule has 0 aliphatic carbocycles. The minimum absolute atomic E-state index is 0.0212. The second-order valence-corrected chi connectivity index (χ2v) is 7.46. The number of aliphatic hydroxyl groups excluding tert-OH is 2. The van der Waals surface area contributed by atoms with E-state index in [2.05, 4.69) is 17.4 Å². The lowest BCUT2D eigenvalue weighted by Gasteiger charge is -2.14. The zero-order valence-electron chi connectivity index (χ0n) is 17.3. The smallest absolute Gasteiger partial charge is 0.123 e. The van der Waals surface area contributed by atoms with Gasteiger partial charge in [-0.15, -0.1) is 0 Å². The molecule has 0 unspecified atom stereocenters. The summed E-state index contributed by atoms with van der Waals surface area (Å²) in [5, 5.41) is 32.4. The third kappa shape index (κ3) is 7.15. The lowest BCUT2D eigenvalue weighted by Crippen LogP contribution is -2.23. The van der Waals surface area contributed by atoms with E-state index in [-0.39, 0.29) is 18.2 Å². The van der Waals surface area contributed by atoms with Gasteiger partial charge in [0.05, 0.1) is 25.9 Å². The van der Waals surface area contributed by atoms with Crippen LogP contribution in [0.4, 0.5) is 4.39 Å². The maximum atomic E-state index is 12.9. The summed E-state index contributed by atoms with van der Waals surface area (Å²) in [5.41, 5.74) is 4.21. The van der Waals surface area contributed by atoms with Crippen molar-refractivity contribution in [3.05, 3.63) is 100 Å². The van der Waals surface area contributed by atoms with Gasteiger partial charge in [-0.25, -0.2) is 4.39 Å². The van der Waals surface area contributed by atoms with Crippen LogP contribution >= 0.6 is 0 Å². The van der Waals surface area contributed by atoms with Crippen molar-refractivity contribution in [1.82, 2.24) is 5.32 Å². The molecule has 0 radical (unpaired) electrons. The number of ether oxygens (including phenoxy) is 1. The van der Waals surface area contributed by atoms with Gasteiger partial charge >= 0.3 is 0 Å². The van der Waals surface area contributed by atoms with Crippen molar-refractivity contribution in [3.8, 4) is 5.75 Å². The summed E-state index contributed by atoms with van der Waals surface area (Å²) in [7, 11) is 0. The molecule has 0 bridgehead atoms. The number of hydrogen-bond acceptors (Lipinski definition) is 5. The topological polar surface area (TPSA) is 82.0 Å². The van der Waals surface area contributed by atoms with Gasteiger partial charge in [0.1, 0.15) is 11.6 Å². The highest BCUT2D eigenvalue weighted by Crippen LogP contribution is 2.22. The molecule has 0 fully saturated rings. The predicted octanol–water partition coefficient (Wildman–Crippen LogP) is 3.61. The highest BCUT2D eigenvalue weighted by atomic mass is 19.1. The van der Waals surface area contributed by atoms with Crippen molar-refractivity contribution in [2.24, 2.45) is 0 Å². The Morgan fingerprint density at radius 1 is 0.903 bits per heavy atom. The highest BCUT2D eigenvalue weighted by Gasteiger charge is 2.10. The Balaban J connectivity index is 1.41. The van der Waals surface area contributed by atoms with E-state index in [0.29, 0.717) is 37.4 Å². The Morgan fingerprint density at radius 3 is 2.42 bits per heavy atom. The fraction of sp³-hybridized carbons (Fsp3) is 0.280. The number of hydrogen-bond donors (Lipinski definition) is 4. The maximum absolute atomic E-state index is 12.9. The fourth-order valence-electron chi connectivity index (χ4n) is 3.27. The Hall–Kier alpha value is -2.77. The molecular formula is C25H28FNO4. The zero-order valence-corrected chi connectivity index (χ0v) is 17.3. The van der Waals surface area contributed by atoms with Crippen molar-refractivity contribution in [3.63, 3.8) is 0 Å². The van der Waals surface area contributed by atoms with Gasteiger partial charge in [0.15, 0.2) is 0 Å². The average Bonchev–Trinajstić information content (AvgIpc) is 2.78. The molecule has 0 amide bonds. The summed E-state index contributed by atoms with van der Waals surface area (Å²) in [6.45, 7) is 1.70. The van der Waals surface area contributed by atoms with Crippen molar-refractivity contribution < 1.29 is 24.4 Å². The monoisotopic (exact) mass is 425 g/mol. The number of phenols is 1. The van der Waals surface area contributed by atoms with E-state index < -0.39 is 6.10 Å². The van der Waals surface area contributed by atoms with Crippen LogP contribution in [0.1, 0.15) is 33.9 Å². The van der Waals surface area contributed by atoms with E-state index in [9.17, 15) is 19.7 Å². The highest BCUT2D eigenvalue weighted by molar-refractivity contribution is 5.36. The second kappa shape index (κ2) is 11.6. The predicted molar refractivity (Wildman–Crippen MR) is 117 cm³/mol. The van der Waals surface area contributed by atoms with E-state index in [1.54, 1.807) is 24.3 Å². The number of nitrogens with one attached hydrogen (secondary N) is 1. The number of aliphatic hydroxyl groups is 2. The third-order valence-electron chi connectivity index (χ3n) is 5.03. The van der Waals surface area contributed by atoms with Crippen molar-refractivity contribution in [2.75, 3.05) is 13.1 Å². The van der Waals surface area contributed by atoms with E-state index in [1.807, 2.05) is 12.1 Å². The third-order valence-corrected chi connectivity index (χ3v) is 5.03. The van der Waals surface area contributed by atoms with E-state index in [4.69, 9.17) is 4.74 Å². The first-order valence-corrected chi connectivity index (χ1v) is 10.3. The SMILES string of the molecule is OCc1cc([C@@H](O)CNCCc2cccc(COCc3ccc(F)cc3)c2)ccc1O. The van der Waals surface area contributed by atoms with Gasteiger partial charge < -0.3 is 25.4 Å². The van der Waals surface area contributed by atoms with E-state index in [1.165, 1.54) is 18.2 Å². The van der Waals surface area contributed by atoms with Gasteiger partial charge in [0.2, 0.25) is 0 Å². The molecule has 0 aromatic heterocycles. The van der Waals surface area contributed by atoms with Gasteiger partial charge in [0, 0.05) is 12.1 Å². The summed E-state index contributed by atoms with van der Waals surface area (Å²) in [6, 6.07) is 19.2. The van der Waals surface area contributed by atoms with Crippen LogP contribution < -0.4 is 5.32 Å². The van der Waals surface area contributed by atoms with Crippen LogP contribution in [0.25, 0.3) is 0 Å². The fourth-order valence-corrected chi connectivity index (χ4v) is 3.27. The van der Waals surface area contributed by atoms with Gasteiger partial charge in [0.25, 0.3) is 0 Å². The molecule has 0 aliphatic heterocycles. The molecular weight excluding hydrogens is 397 g/mol. The molecule has 3 rings (SSSR count). The number of halogens is 1. The van der Waals surface area contributed by atoms with Gasteiger partial charge in [-0.2, -0.15) is 0 Å². The quantitative estimate of drug-likeness (QED) is 0.353. The summed E-state index contributed by atoms with van der Waals surface area (Å²) >= 11 is 0. The van der Waals surface area contributed by atoms with E-state index in [0.717, 1.165) is 23.1 Å². The summed E-state index contributed by atoms with van der Waals surface area (Å²) in [5.74, 6) is -0.233. The molecule has 4 N–H and O–H groups in total. The van der Waals surface area contributed by atoms with Gasteiger partial charge in [-0.05, 0) is 59.5 Å². The minimum Gasteiger partial charge on any atom is -0.508 e. The normalized spacial score (nSPS) is 12.1. The summed E-state index contributed by atoms with van der Waals surface area (Å²) in [6.07, 6.45) is 0.0767. The minimum atomic E-state index is -0.725.